The topological polar surface area (TPSA) is 61.7 Å². The Morgan fingerprint density at radius 1 is 1.20 bits per heavy atom. The van der Waals surface area contributed by atoms with Crippen LogP contribution in [0, 0.1) is 0 Å². The molecule has 0 spiro atoms. The quantitative estimate of drug-likeness (QED) is 0.642. The first kappa shape index (κ1) is 20.4. The Hall–Kier alpha value is -0.892. The Kier molecular flexibility index (Phi) is 7.49. The van der Waals surface area contributed by atoms with E-state index >= 15 is 0 Å². The molecule has 1 aliphatic rings. The van der Waals surface area contributed by atoms with Gasteiger partial charge in [0.1, 0.15) is 0 Å². The Morgan fingerprint density at radius 3 is 2.32 bits per heavy atom. The molecule has 1 fully saturated rings. The van der Waals surface area contributed by atoms with Crippen molar-refractivity contribution in [3.05, 3.63) is 18.0 Å². The van der Waals surface area contributed by atoms with Gasteiger partial charge in [0, 0.05) is 12.4 Å². The molecule has 2 rings (SSSR count). The molecule has 0 bridgehead atoms. The number of rotatable bonds is 7. The molecule has 2 unspecified atom stereocenters. The summed E-state index contributed by atoms with van der Waals surface area (Å²) in [6.45, 7) is 6.15. The number of nitrogens with zero attached hydrogens (tertiary/aromatic N) is 4. The summed E-state index contributed by atoms with van der Waals surface area (Å²) < 4.78 is 43.5. The van der Waals surface area contributed by atoms with Crippen LogP contribution in [-0.2, 0) is 10.9 Å². The van der Waals surface area contributed by atoms with Crippen molar-refractivity contribution in [2.24, 2.45) is 0 Å². The van der Waals surface area contributed by atoms with Gasteiger partial charge in [-0.25, -0.2) is 0 Å². The van der Waals surface area contributed by atoms with Gasteiger partial charge in [-0.05, 0) is 0 Å². The van der Waals surface area contributed by atoms with Crippen LogP contribution in [0.25, 0.3) is 0 Å². The zero-order valence-corrected chi connectivity index (χ0v) is 16.5. The van der Waals surface area contributed by atoms with E-state index in [1.54, 1.807) is 16.9 Å². The van der Waals surface area contributed by atoms with E-state index in [1.807, 2.05) is 4.90 Å². The second-order valence-corrected chi connectivity index (χ2v) is 8.61. The number of ether oxygens (including phenoxy) is 1. The number of hydrogen-bond donors (Lipinski definition) is 1. The predicted molar refractivity (Wildman–Crippen MR) is 90.5 cm³/mol. The van der Waals surface area contributed by atoms with E-state index in [0.717, 1.165) is 12.4 Å². The Balaban J connectivity index is 1.75. The van der Waals surface area contributed by atoms with Gasteiger partial charge in [0.25, 0.3) is 0 Å². The van der Waals surface area contributed by atoms with Gasteiger partial charge in [-0.1, -0.05) is 0 Å². The van der Waals surface area contributed by atoms with Crippen molar-refractivity contribution in [3.63, 3.8) is 0 Å². The van der Waals surface area contributed by atoms with Crippen molar-refractivity contribution < 1.29 is 23.0 Å². The van der Waals surface area contributed by atoms with Gasteiger partial charge in [-0.2, -0.15) is 13.2 Å². The van der Waals surface area contributed by atoms with Crippen LogP contribution >= 0.6 is 0 Å². The van der Waals surface area contributed by atoms with E-state index in [1.165, 1.54) is 0 Å². The number of β-amino-alcohol motifs (C(OH)–C–C–N with tert-alkyl or cyclic N) is 1. The standard InChI is InChI=1S/C15H24AsF3N4O2/c1-11(16)9-25-10-13(24)8-22-2-4-23(5-3-22)14-20-6-12(7-21-14)15(17,18)19/h6-7,11,13,24H,2-5,8-10,16H2,1H3/t11-,13?/m0/s1. The van der Waals surface area contributed by atoms with Crippen molar-refractivity contribution in [3.8, 4) is 0 Å². The van der Waals surface area contributed by atoms with Gasteiger partial charge < -0.3 is 0 Å². The van der Waals surface area contributed by atoms with Crippen LogP contribution in [0.5, 0.6) is 0 Å². The van der Waals surface area contributed by atoms with E-state index in [4.69, 9.17) is 4.74 Å². The number of aliphatic hydroxyl groups excluding tert-OH is 1. The second kappa shape index (κ2) is 9.16. The molecule has 1 aromatic heterocycles. The zero-order chi connectivity index (χ0) is 18.4. The average molecular weight is 424 g/mol. The summed E-state index contributed by atoms with van der Waals surface area (Å²) in [4.78, 5) is 11.6. The third-order valence-electron chi connectivity index (χ3n) is 3.78. The number of aromatic nitrogens is 2. The van der Waals surface area contributed by atoms with Crippen LogP contribution in [0.1, 0.15) is 12.5 Å². The van der Waals surface area contributed by atoms with Crippen LogP contribution in [0.2, 0.25) is 4.71 Å². The Morgan fingerprint density at radius 2 is 1.80 bits per heavy atom. The molecule has 0 aliphatic carbocycles. The van der Waals surface area contributed by atoms with Crippen molar-refractivity contribution in [1.29, 1.82) is 0 Å². The molecule has 25 heavy (non-hydrogen) atoms. The summed E-state index contributed by atoms with van der Waals surface area (Å²) in [5, 5.41) is 10.00. The molecule has 1 aromatic rings. The van der Waals surface area contributed by atoms with Crippen LogP contribution in [0.4, 0.5) is 19.1 Å². The van der Waals surface area contributed by atoms with Crippen LogP contribution in [0.3, 0.4) is 0 Å². The molecule has 0 aromatic carbocycles. The van der Waals surface area contributed by atoms with E-state index in [-0.39, 0.29) is 0 Å². The fraction of sp³-hybridized carbons (Fsp3) is 0.733. The van der Waals surface area contributed by atoms with Crippen LogP contribution < -0.4 is 4.90 Å². The molecule has 10 heteroatoms. The van der Waals surface area contributed by atoms with E-state index in [0.29, 0.717) is 56.6 Å². The monoisotopic (exact) mass is 424 g/mol. The van der Waals surface area contributed by atoms with Gasteiger partial charge >= 0.3 is 122 Å². The van der Waals surface area contributed by atoms with Gasteiger partial charge in [0.2, 0.25) is 0 Å². The number of hydrogen-bond acceptors (Lipinski definition) is 6. The van der Waals surface area contributed by atoms with Gasteiger partial charge in [-0.15, -0.1) is 0 Å². The SMILES string of the molecule is C[C@H]([AsH2])COCC(O)CN1CCN(c2ncc(C(F)(F)F)cn2)CC1. The number of halogens is 3. The molecule has 3 atom stereocenters. The molecule has 2 heterocycles. The number of aliphatic hydroxyl groups is 1. The number of piperazine rings is 1. The molecule has 6 nitrogen and oxygen atoms in total. The number of anilines is 1. The predicted octanol–water partition coefficient (Wildman–Crippen LogP) is 0.436. The normalized spacial score (nSPS) is 19.0. The minimum absolute atomic E-state index is 0.301. The van der Waals surface area contributed by atoms with Crippen molar-refractivity contribution in [2.45, 2.75) is 23.9 Å². The van der Waals surface area contributed by atoms with Gasteiger partial charge in [0.15, 0.2) is 0 Å². The van der Waals surface area contributed by atoms with Gasteiger partial charge in [0.05, 0.1) is 5.56 Å². The molecule has 142 valence electrons. The van der Waals surface area contributed by atoms with Crippen molar-refractivity contribution >= 4 is 22.8 Å². The maximum absolute atomic E-state index is 12.5. The molecule has 1 N–H and O–H groups in total. The van der Waals surface area contributed by atoms with Crippen LogP contribution in [0.15, 0.2) is 12.4 Å². The first-order chi connectivity index (χ1) is 11.8. The van der Waals surface area contributed by atoms with E-state index < -0.39 is 17.8 Å². The fourth-order valence-electron chi connectivity index (χ4n) is 2.50. The van der Waals surface area contributed by atoms with Gasteiger partial charge in [-0.3, -0.25) is 0 Å². The van der Waals surface area contributed by atoms with E-state index in [2.05, 4.69) is 21.8 Å². The molecule has 1 aliphatic heterocycles. The molecule has 0 saturated carbocycles. The fourth-order valence-corrected chi connectivity index (χ4v) is 2.79. The second-order valence-electron chi connectivity index (χ2n) is 6.23. The molecule has 0 amide bonds. The summed E-state index contributed by atoms with van der Waals surface area (Å²) >= 11 is 1.61. The zero-order valence-electron chi connectivity index (χ0n) is 14.1. The first-order valence-corrected chi connectivity index (χ1v) is 9.53. The Bertz CT molecular complexity index is 523. The van der Waals surface area contributed by atoms with Crippen molar-refractivity contribution in [2.75, 3.05) is 50.8 Å². The summed E-state index contributed by atoms with van der Waals surface area (Å²) in [6, 6.07) is 0. The van der Waals surface area contributed by atoms with E-state index in [9.17, 15) is 18.3 Å². The minimum atomic E-state index is -4.42. The molecule has 0 radical (unpaired) electrons. The average Bonchev–Trinajstić information content (AvgIpc) is 2.54. The molecule has 1 saturated heterocycles. The first-order valence-electron chi connectivity index (χ1n) is 8.13. The third kappa shape index (κ3) is 6.73. The number of alkyl halides is 3. The van der Waals surface area contributed by atoms with Crippen molar-refractivity contribution in [1.82, 2.24) is 14.9 Å². The summed E-state index contributed by atoms with van der Waals surface area (Å²) in [6.07, 6.45) is -3.34. The summed E-state index contributed by atoms with van der Waals surface area (Å²) in [5.41, 5.74) is -0.847. The molecular formula is C15H24AsF3N4O2. The Labute approximate surface area is 153 Å². The van der Waals surface area contributed by atoms with Crippen LogP contribution in [-0.4, -0.2) is 88.9 Å². The molecular weight excluding hydrogens is 400 g/mol. The summed E-state index contributed by atoms with van der Waals surface area (Å²) in [5.74, 6) is 0.301. The maximum atomic E-state index is 12.5. The summed E-state index contributed by atoms with van der Waals surface area (Å²) in [7, 11) is 0. The third-order valence-corrected chi connectivity index (χ3v) is 4.18.